The SMILES string of the molecule is CC(=O)O[C@H]1[C@H](N=[N+]=[N-])[C@H]([Se]c2ccccc2)O[C@@H](C)[C@H]1OC(C)=O. The molecule has 0 aromatic heterocycles. The second-order valence-electron chi connectivity index (χ2n) is 5.48. The second kappa shape index (κ2) is 8.87. The topological polar surface area (TPSA) is 111 Å². The average Bonchev–Trinajstić information content (AvgIpc) is 2.55. The van der Waals surface area contributed by atoms with E-state index in [4.69, 9.17) is 19.7 Å². The monoisotopic (exact) mass is 413 g/mol. The van der Waals surface area contributed by atoms with Crippen molar-refractivity contribution >= 4 is 31.4 Å². The number of esters is 2. The average molecular weight is 412 g/mol. The Labute approximate surface area is 151 Å². The van der Waals surface area contributed by atoms with E-state index in [1.54, 1.807) is 6.92 Å². The van der Waals surface area contributed by atoms with Gasteiger partial charge in [-0.3, -0.25) is 0 Å². The van der Waals surface area contributed by atoms with E-state index in [-0.39, 0.29) is 15.0 Å². The number of hydrogen-bond donors (Lipinski definition) is 0. The van der Waals surface area contributed by atoms with Crippen LogP contribution in [0.5, 0.6) is 0 Å². The molecule has 134 valence electrons. The summed E-state index contributed by atoms with van der Waals surface area (Å²) in [7, 11) is 0. The summed E-state index contributed by atoms with van der Waals surface area (Å²) >= 11 is -0.187. The van der Waals surface area contributed by atoms with Gasteiger partial charge in [-0.2, -0.15) is 0 Å². The summed E-state index contributed by atoms with van der Waals surface area (Å²) in [5.41, 5.74) is 8.95. The van der Waals surface area contributed by atoms with E-state index in [1.807, 2.05) is 30.3 Å². The van der Waals surface area contributed by atoms with Crippen LogP contribution in [0.15, 0.2) is 35.4 Å². The van der Waals surface area contributed by atoms with Crippen molar-refractivity contribution in [3.8, 4) is 0 Å². The van der Waals surface area contributed by atoms with Crippen molar-refractivity contribution in [3.05, 3.63) is 40.8 Å². The van der Waals surface area contributed by atoms with Crippen molar-refractivity contribution in [2.45, 2.75) is 50.1 Å². The quantitative estimate of drug-likeness (QED) is 0.238. The normalized spacial score (nSPS) is 28.5. The zero-order valence-corrected chi connectivity index (χ0v) is 15.8. The van der Waals surface area contributed by atoms with Gasteiger partial charge in [0.2, 0.25) is 0 Å². The van der Waals surface area contributed by atoms with Crippen molar-refractivity contribution in [1.82, 2.24) is 0 Å². The molecule has 1 heterocycles. The molecule has 1 fully saturated rings. The Morgan fingerprint density at radius 2 is 1.76 bits per heavy atom. The van der Waals surface area contributed by atoms with Crippen LogP contribution < -0.4 is 4.46 Å². The van der Waals surface area contributed by atoms with Crippen molar-refractivity contribution in [2.75, 3.05) is 0 Å². The maximum absolute atomic E-state index is 11.5. The van der Waals surface area contributed by atoms with E-state index in [2.05, 4.69) is 10.0 Å². The van der Waals surface area contributed by atoms with Gasteiger partial charge in [0.25, 0.3) is 0 Å². The van der Waals surface area contributed by atoms with Crippen LogP contribution in [-0.4, -0.2) is 56.3 Å². The Bertz CT molecular complexity index is 665. The van der Waals surface area contributed by atoms with Crippen LogP contribution in [0.4, 0.5) is 0 Å². The summed E-state index contributed by atoms with van der Waals surface area (Å²) in [6.07, 6.45) is -2.23. The van der Waals surface area contributed by atoms with Crippen LogP contribution in [0.2, 0.25) is 0 Å². The van der Waals surface area contributed by atoms with Gasteiger partial charge in [-0.05, 0) is 0 Å². The molecule has 0 radical (unpaired) electrons. The Hall–Kier alpha value is -2.05. The summed E-state index contributed by atoms with van der Waals surface area (Å²) in [6.45, 7) is 4.26. The molecule has 0 spiro atoms. The van der Waals surface area contributed by atoms with Crippen LogP contribution in [0.25, 0.3) is 10.4 Å². The van der Waals surface area contributed by atoms with E-state index >= 15 is 0 Å². The van der Waals surface area contributed by atoms with Crippen molar-refractivity contribution < 1.29 is 23.8 Å². The molecule has 0 saturated carbocycles. The van der Waals surface area contributed by atoms with Crippen LogP contribution in [0.1, 0.15) is 20.8 Å². The molecule has 1 aromatic carbocycles. The Morgan fingerprint density at radius 3 is 2.32 bits per heavy atom. The summed E-state index contributed by atoms with van der Waals surface area (Å²) in [5, 5.41) is 3.34. The second-order valence-corrected chi connectivity index (χ2v) is 7.94. The third kappa shape index (κ3) is 5.21. The molecule has 5 atom stereocenters. The predicted octanol–water partition coefficient (Wildman–Crippen LogP) is 1.30. The number of ether oxygens (including phenoxy) is 3. The van der Waals surface area contributed by atoms with Gasteiger partial charge in [-0.1, -0.05) is 0 Å². The van der Waals surface area contributed by atoms with Crippen LogP contribution in [0.3, 0.4) is 0 Å². The van der Waals surface area contributed by atoms with E-state index in [0.29, 0.717) is 0 Å². The summed E-state index contributed by atoms with van der Waals surface area (Å²) < 4.78 is 17.7. The molecule has 1 aromatic rings. The Balaban J connectivity index is 2.32. The summed E-state index contributed by atoms with van der Waals surface area (Å²) in [5.74, 6) is -1.07. The standard InChI is InChI=1S/C16H19N3O5Se/c1-9-14(23-10(2)20)15(24-11(3)21)13(18-19-17)16(22-9)25-12-7-5-4-6-8-12/h4-9,13-16H,1-3H3/t9-,13-,14+,15-,16-/m0/s1. The number of rotatable bonds is 5. The molecular formula is C16H19N3O5Se. The molecular weight excluding hydrogens is 393 g/mol. The maximum atomic E-state index is 11.5. The number of nitrogens with zero attached hydrogens (tertiary/aromatic N) is 3. The fourth-order valence-electron chi connectivity index (χ4n) is 2.58. The van der Waals surface area contributed by atoms with Crippen molar-refractivity contribution in [3.63, 3.8) is 0 Å². The van der Waals surface area contributed by atoms with Gasteiger partial charge in [-0.15, -0.1) is 0 Å². The third-order valence-electron chi connectivity index (χ3n) is 3.54. The van der Waals surface area contributed by atoms with Crippen LogP contribution >= 0.6 is 0 Å². The molecule has 1 aliphatic heterocycles. The minimum absolute atomic E-state index is 0.187. The third-order valence-corrected chi connectivity index (χ3v) is 5.98. The van der Waals surface area contributed by atoms with Gasteiger partial charge < -0.3 is 0 Å². The molecule has 0 N–H and O–H groups in total. The molecule has 0 amide bonds. The molecule has 25 heavy (non-hydrogen) atoms. The van der Waals surface area contributed by atoms with Crippen LogP contribution in [-0.2, 0) is 23.8 Å². The van der Waals surface area contributed by atoms with Gasteiger partial charge in [0, 0.05) is 0 Å². The van der Waals surface area contributed by atoms with Gasteiger partial charge in [0.1, 0.15) is 0 Å². The van der Waals surface area contributed by atoms with Gasteiger partial charge >= 0.3 is 151 Å². The minimum atomic E-state index is -0.892. The van der Waals surface area contributed by atoms with E-state index in [9.17, 15) is 9.59 Å². The van der Waals surface area contributed by atoms with Gasteiger partial charge in [0.05, 0.1) is 0 Å². The van der Waals surface area contributed by atoms with E-state index < -0.39 is 41.3 Å². The number of hydrogen-bond acceptors (Lipinski definition) is 6. The number of azide groups is 1. The zero-order chi connectivity index (χ0) is 18.4. The summed E-state index contributed by atoms with van der Waals surface area (Å²) in [6, 6.07) is 8.87. The zero-order valence-electron chi connectivity index (χ0n) is 14.1. The van der Waals surface area contributed by atoms with Crippen molar-refractivity contribution in [2.24, 2.45) is 5.11 Å². The molecule has 0 aliphatic carbocycles. The molecule has 0 bridgehead atoms. The fourth-order valence-corrected chi connectivity index (χ4v) is 5.02. The van der Waals surface area contributed by atoms with E-state index in [1.165, 1.54) is 13.8 Å². The number of benzene rings is 1. The van der Waals surface area contributed by atoms with E-state index in [0.717, 1.165) is 4.46 Å². The van der Waals surface area contributed by atoms with Crippen molar-refractivity contribution in [1.29, 1.82) is 0 Å². The molecule has 1 aliphatic rings. The predicted molar refractivity (Wildman–Crippen MR) is 90.2 cm³/mol. The molecule has 9 heteroatoms. The number of carbonyl (C=O) groups is 2. The van der Waals surface area contributed by atoms with Gasteiger partial charge in [-0.25, -0.2) is 0 Å². The molecule has 0 unspecified atom stereocenters. The molecule has 1 saturated heterocycles. The Kier molecular flexibility index (Phi) is 6.84. The molecule has 2 rings (SSSR count). The first-order valence-electron chi connectivity index (χ1n) is 7.68. The first-order valence-corrected chi connectivity index (χ1v) is 9.52. The van der Waals surface area contributed by atoms with Gasteiger partial charge in [0.15, 0.2) is 0 Å². The first-order chi connectivity index (χ1) is 11.9. The summed E-state index contributed by atoms with van der Waals surface area (Å²) in [4.78, 5) is 25.8. The van der Waals surface area contributed by atoms with Crippen LogP contribution in [0, 0.1) is 0 Å². The first kappa shape index (κ1) is 19.3. The fraction of sp³-hybridized carbons (Fsp3) is 0.500. The number of carbonyl (C=O) groups excluding carboxylic acids is 2. The molecule has 8 nitrogen and oxygen atoms in total. The Morgan fingerprint density at radius 1 is 1.16 bits per heavy atom.